The van der Waals surface area contributed by atoms with Crippen LogP contribution in [0.15, 0.2) is 72.8 Å². The molecule has 0 saturated heterocycles. The third-order valence-corrected chi connectivity index (χ3v) is 5.59. The molecule has 3 aromatic carbocycles. The zero-order valence-electron chi connectivity index (χ0n) is 17.4. The maximum atomic E-state index is 13.0. The van der Waals surface area contributed by atoms with E-state index < -0.39 is 11.9 Å². The fourth-order valence-electron chi connectivity index (χ4n) is 4.03. The van der Waals surface area contributed by atoms with Gasteiger partial charge in [0.15, 0.2) is 0 Å². The Kier molecular flexibility index (Phi) is 5.94. The Hall–Kier alpha value is -4.06. The summed E-state index contributed by atoms with van der Waals surface area (Å²) in [6.07, 6.45) is 3.18. The highest BCUT2D eigenvalue weighted by atomic mass is 16.5. The molecule has 32 heavy (non-hydrogen) atoms. The number of aliphatic carboxylic acids is 1. The summed E-state index contributed by atoms with van der Waals surface area (Å²) in [7, 11) is 1.59. The number of carbonyl (C=O) groups is 2. The highest BCUT2D eigenvalue weighted by Crippen LogP contribution is 2.45. The fourth-order valence-corrected chi connectivity index (χ4v) is 4.03. The number of aromatic hydroxyl groups is 1. The van der Waals surface area contributed by atoms with Crippen molar-refractivity contribution in [3.8, 4) is 17.2 Å². The number of carbonyl (C=O) groups excluding carboxylic acids is 1. The number of phenols is 1. The van der Waals surface area contributed by atoms with Crippen molar-refractivity contribution in [1.82, 2.24) is 0 Å². The molecule has 2 N–H and O–H groups in total. The molecule has 0 spiro atoms. The first-order chi connectivity index (χ1) is 15.4. The second-order valence-electron chi connectivity index (χ2n) is 7.62. The predicted octanol–water partition coefficient (Wildman–Crippen LogP) is 4.53. The Balaban J connectivity index is 1.70. The SMILES string of the molecule is COc1ccc(C2C(=O)Oc3cc(O)ccc3C2Cc2ccc(C=CC(=O)O)cc2)cc1. The van der Waals surface area contributed by atoms with E-state index in [0.717, 1.165) is 28.3 Å². The Bertz CT molecular complexity index is 1160. The molecule has 0 bridgehead atoms. The molecule has 1 aliphatic rings. The van der Waals surface area contributed by atoms with Crippen molar-refractivity contribution in [2.45, 2.75) is 18.3 Å². The van der Waals surface area contributed by atoms with E-state index >= 15 is 0 Å². The van der Waals surface area contributed by atoms with Gasteiger partial charge in [0, 0.05) is 18.1 Å². The van der Waals surface area contributed by atoms with Gasteiger partial charge in [0.2, 0.25) is 0 Å². The van der Waals surface area contributed by atoms with Crippen LogP contribution in [0.25, 0.3) is 6.08 Å². The van der Waals surface area contributed by atoms with E-state index in [1.807, 2.05) is 48.5 Å². The van der Waals surface area contributed by atoms with Crippen LogP contribution in [0.2, 0.25) is 0 Å². The van der Waals surface area contributed by atoms with Crippen molar-refractivity contribution in [3.05, 3.63) is 95.1 Å². The van der Waals surface area contributed by atoms with Crippen LogP contribution in [0.3, 0.4) is 0 Å². The monoisotopic (exact) mass is 430 g/mol. The van der Waals surface area contributed by atoms with Crippen LogP contribution in [-0.4, -0.2) is 29.3 Å². The van der Waals surface area contributed by atoms with Crippen molar-refractivity contribution in [2.24, 2.45) is 0 Å². The highest BCUT2D eigenvalue weighted by Gasteiger charge is 2.39. The number of hydrogen-bond donors (Lipinski definition) is 2. The maximum absolute atomic E-state index is 13.0. The molecule has 162 valence electrons. The van der Waals surface area contributed by atoms with Gasteiger partial charge in [-0.15, -0.1) is 0 Å². The molecule has 2 unspecified atom stereocenters. The average Bonchev–Trinajstić information content (AvgIpc) is 2.78. The van der Waals surface area contributed by atoms with E-state index in [1.165, 1.54) is 12.1 Å². The molecule has 0 fully saturated rings. The van der Waals surface area contributed by atoms with Gasteiger partial charge in [-0.2, -0.15) is 0 Å². The largest absolute Gasteiger partial charge is 0.508 e. The summed E-state index contributed by atoms with van der Waals surface area (Å²) < 4.78 is 10.8. The van der Waals surface area contributed by atoms with Crippen molar-refractivity contribution in [2.75, 3.05) is 7.11 Å². The fraction of sp³-hybridized carbons (Fsp3) is 0.154. The second kappa shape index (κ2) is 8.98. The van der Waals surface area contributed by atoms with Gasteiger partial charge in [-0.25, -0.2) is 4.79 Å². The number of hydrogen-bond acceptors (Lipinski definition) is 5. The summed E-state index contributed by atoms with van der Waals surface area (Å²) >= 11 is 0. The minimum Gasteiger partial charge on any atom is -0.508 e. The van der Waals surface area contributed by atoms with Crippen LogP contribution in [0.5, 0.6) is 17.2 Å². The summed E-state index contributed by atoms with van der Waals surface area (Å²) in [6, 6.07) is 19.7. The molecule has 6 heteroatoms. The topological polar surface area (TPSA) is 93.1 Å². The molecule has 2 atom stereocenters. The van der Waals surface area contributed by atoms with Crippen molar-refractivity contribution in [1.29, 1.82) is 0 Å². The summed E-state index contributed by atoms with van der Waals surface area (Å²) in [5.74, 6) is -1.01. The predicted molar refractivity (Wildman–Crippen MR) is 119 cm³/mol. The Morgan fingerprint density at radius 1 is 1.06 bits per heavy atom. The van der Waals surface area contributed by atoms with Gasteiger partial charge >= 0.3 is 11.9 Å². The first kappa shape index (κ1) is 21.2. The van der Waals surface area contributed by atoms with Gasteiger partial charge in [-0.05, 0) is 52.9 Å². The normalized spacial score (nSPS) is 17.6. The number of rotatable bonds is 6. The zero-order chi connectivity index (χ0) is 22.7. The third-order valence-electron chi connectivity index (χ3n) is 5.59. The molecule has 1 heterocycles. The Morgan fingerprint density at radius 3 is 2.44 bits per heavy atom. The maximum Gasteiger partial charge on any atom is 0.328 e. The molecular weight excluding hydrogens is 408 g/mol. The lowest BCUT2D eigenvalue weighted by atomic mass is 9.76. The van der Waals surface area contributed by atoms with E-state index in [9.17, 15) is 14.7 Å². The van der Waals surface area contributed by atoms with E-state index in [2.05, 4.69) is 0 Å². The van der Waals surface area contributed by atoms with Crippen LogP contribution in [0.4, 0.5) is 0 Å². The third kappa shape index (κ3) is 4.49. The van der Waals surface area contributed by atoms with E-state index in [-0.39, 0.29) is 17.6 Å². The number of carboxylic acid groups (broad SMARTS) is 1. The van der Waals surface area contributed by atoms with Crippen LogP contribution in [0, 0.1) is 0 Å². The summed E-state index contributed by atoms with van der Waals surface area (Å²) in [5.41, 5.74) is 3.43. The molecule has 0 radical (unpaired) electrons. The smallest absolute Gasteiger partial charge is 0.328 e. The standard InChI is InChI=1S/C26H22O6/c1-31-20-10-7-18(8-11-20)25-22(21-12-9-19(27)15-23(21)32-26(25)30)14-17-4-2-16(3-5-17)6-13-24(28)29/h2-13,15,22,25,27H,14H2,1H3,(H,28,29). The van der Waals surface area contributed by atoms with Crippen molar-refractivity contribution >= 4 is 18.0 Å². The molecular formula is C26H22O6. The van der Waals surface area contributed by atoms with E-state index in [4.69, 9.17) is 14.6 Å². The van der Waals surface area contributed by atoms with Crippen LogP contribution < -0.4 is 9.47 Å². The summed E-state index contributed by atoms with van der Waals surface area (Å²) in [4.78, 5) is 23.8. The quantitative estimate of drug-likeness (QED) is 0.339. The van der Waals surface area contributed by atoms with Gasteiger partial charge in [0.25, 0.3) is 0 Å². The lowest BCUT2D eigenvalue weighted by Gasteiger charge is -2.32. The van der Waals surface area contributed by atoms with Crippen molar-refractivity contribution in [3.63, 3.8) is 0 Å². The van der Waals surface area contributed by atoms with Crippen LogP contribution >= 0.6 is 0 Å². The number of phenolic OH excluding ortho intramolecular Hbond substituents is 1. The first-order valence-corrected chi connectivity index (χ1v) is 10.1. The van der Waals surface area contributed by atoms with Gasteiger partial charge in [0.05, 0.1) is 13.0 Å². The van der Waals surface area contributed by atoms with Gasteiger partial charge in [-0.1, -0.05) is 42.5 Å². The number of esters is 1. The molecule has 4 rings (SSSR count). The van der Waals surface area contributed by atoms with E-state index in [1.54, 1.807) is 19.2 Å². The molecule has 3 aromatic rings. The zero-order valence-corrected chi connectivity index (χ0v) is 17.4. The lowest BCUT2D eigenvalue weighted by Crippen LogP contribution is -2.31. The van der Waals surface area contributed by atoms with Crippen LogP contribution in [-0.2, 0) is 16.0 Å². The van der Waals surface area contributed by atoms with Gasteiger partial charge in [0.1, 0.15) is 17.2 Å². The van der Waals surface area contributed by atoms with Crippen molar-refractivity contribution < 1.29 is 29.3 Å². The number of benzene rings is 3. The highest BCUT2D eigenvalue weighted by molar-refractivity contribution is 5.85. The number of fused-ring (bicyclic) bond motifs is 1. The van der Waals surface area contributed by atoms with Crippen LogP contribution in [0.1, 0.15) is 34.1 Å². The van der Waals surface area contributed by atoms with Gasteiger partial charge in [-0.3, -0.25) is 4.79 Å². The lowest BCUT2D eigenvalue weighted by molar-refractivity contribution is -0.138. The Morgan fingerprint density at radius 2 is 1.78 bits per heavy atom. The molecule has 1 aliphatic heterocycles. The molecule has 0 aromatic heterocycles. The number of carboxylic acids is 1. The number of methoxy groups -OCH3 is 1. The van der Waals surface area contributed by atoms with Gasteiger partial charge < -0.3 is 19.7 Å². The summed E-state index contributed by atoms with van der Waals surface area (Å²) in [5, 5.41) is 18.7. The second-order valence-corrected chi connectivity index (χ2v) is 7.62. The number of ether oxygens (including phenoxy) is 2. The molecule has 0 amide bonds. The minimum atomic E-state index is -1.00. The Labute approximate surface area is 185 Å². The first-order valence-electron chi connectivity index (χ1n) is 10.1. The minimum absolute atomic E-state index is 0.0350. The summed E-state index contributed by atoms with van der Waals surface area (Å²) in [6.45, 7) is 0. The van der Waals surface area contributed by atoms with E-state index in [0.29, 0.717) is 17.9 Å². The molecule has 0 aliphatic carbocycles. The molecule has 0 saturated carbocycles. The average molecular weight is 430 g/mol. The molecule has 6 nitrogen and oxygen atoms in total.